The van der Waals surface area contributed by atoms with Crippen molar-refractivity contribution in [3.05, 3.63) is 36.0 Å². The molecule has 0 aliphatic rings. The average molecular weight is 317 g/mol. The Bertz CT molecular complexity index is 622. The van der Waals surface area contributed by atoms with Gasteiger partial charge in [-0.3, -0.25) is 0 Å². The highest BCUT2D eigenvalue weighted by Crippen LogP contribution is 2.18. The molecule has 0 bridgehead atoms. The normalized spacial score (nSPS) is 12.5. The molecule has 0 aliphatic heterocycles. The zero-order valence-electron chi connectivity index (χ0n) is 13.9. The number of aliphatic hydroxyl groups is 1. The number of hydrogen-bond donors (Lipinski definition) is 4. The summed E-state index contributed by atoms with van der Waals surface area (Å²) >= 11 is 0. The number of rotatable bonds is 8. The number of hydrogen-bond acceptors (Lipinski definition) is 2. The second-order valence-electron chi connectivity index (χ2n) is 6.38. The molecule has 0 aliphatic carbocycles. The minimum Gasteiger partial charge on any atom is -0.391 e. The van der Waals surface area contributed by atoms with Gasteiger partial charge in [0.25, 0.3) is 0 Å². The van der Waals surface area contributed by atoms with Crippen LogP contribution in [0.25, 0.3) is 10.9 Å². The molecule has 5 nitrogen and oxygen atoms in total. The van der Waals surface area contributed by atoms with Gasteiger partial charge < -0.3 is 20.7 Å². The lowest BCUT2D eigenvalue weighted by molar-refractivity contribution is 0.147. The molecule has 23 heavy (non-hydrogen) atoms. The first-order chi connectivity index (χ1) is 11.1. The van der Waals surface area contributed by atoms with Gasteiger partial charge in [-0.05, 0) is 36.8 Å². The van der Waals surface area contributed by atoms with E-state index in [0.717, 1.165) is 18.4 Å². The fourth-order valence-corrected chi connectivity index (χ4v) is 2.72. The number of aliphatic hydroxyl groups excluding tert-OH is 1. The van der Waals surface area contributed by atoms with Crippen molar-refractivity contribution in [2.45, 2.75) is 39.2 Å². The summed E-state index contributed by atoms with van der Waals surface area (Å²) in [5.41, 5.74) is 2.42. The number of nitrogens with one attached hydrogen (secondary N) is 3. The molecule has 1 heterocycles. The molecule has 5 heteroatoms. The maximum absolute atomic E-state index is 11.7. The average Bonchev–Trinajstić information content (AvgIpc) is 2.92. The minimum atomic E-state index is -0.480. The number of benzene rings is 1. The van der Waals surface area contributed by atoms with Crippen LogP contribution in [0.2, 0.25) is 0 Å². The summed E-state index contributed by atoms with van der Waals surface area (Å²) in [6.45, 7) is 5.01. The van der Waals surface area contributed by atoms with Crippen LogP contribution in [0.5, 0.6) is 0 Å². The largest absolute Gasteiger partial charge is 0.391 e. The molecule has 0 fully saturated rings. The number of aromatic nitrogens is 1. The van der Waals surface area contributed by atoms with Gasteiger partial charge in [-0.15, -0.1) is 0 Å². The standard InChI is InChI=1S/C18H27N3O2/c1-13(2)10-15(22)12-21-18(23)19-9-5-6-14-11-20-17-8-4-3-7-16(14)17/h3-4,7-8,11,13,15,20,22H,5-6,9-10,12H2,1-2H3,(H2,19,21,23). The third kappa shape index (κ3) is 5.60. The molecular weight excluding hydrogens is 290 g/mol. The number of fused-ring (bicyclic) bond motifs is 1. The van der Waals surface area contributed by atoms with Gasteiger partial charge in [-0.2, -0.15) is 0 Å². The highest BCUT2D eigenvalue weighted by Gasteiger charge is 2.08. The van der Waals surface area contributed by atoms with Crippen molar-refractivity contribution in [3.8, 4) is 0 Å². The Hall–Kier alpha value is -2.01. The fourth-order valence-electron chi connectivity index (χ4n) is 2.72. The van der Waals surface area contributed by atoms with Crippen molar-refractivity contribution < 1.29 is 9.90 Å². The van der Waals surface area contributed by atoms with Crippen molar-refractivity contribution in [2.24, 2.45) is 5.92 Å². The van der Waals surface area contributed by atoms with Gasteiger partial charge in [0, 0.05) is 30.2 Å². The van der Waals surface area contributed by atoms with E-state index in [9.17, 15) is 9.90 Å². The van der Waals surface area contributed by atoms with Gasteiger partial charge in [-0.1, -0.05) is 32.0 Å². The first-order valence-corrected chi connectivity index (χ1v) is 8.31. The van der Waals surface area contributed by atoms with E-state index in [1.54, 1.807) is 0 Å². The second-order valence-corrected chi connectivity index (χ2v) is 6.38. The van der Waals surface area contributed by atoms with Gasteiger partial charge >= 0.3 is 6.03 Å². The van der Waals surface area contributed by atoms with E-state index in [2.05, 4.69) is 27.8 Å². The molecule has 0 spiro atoms. The molecule has 1 atom stereocenters. The van der Waals surface area contributed by atoms with E-state index >= 15 is 0 Å². The Balaban J connectivity index is 1.64. The van der Waals surface area contributed by atoms with E-state index in [1.165, 1.54) is 10.9 Å². The molecule has 0 saturated heterocycles. The molecule has 126 valence electrons. The molecule has 0 saturated carbocycles. The fraction of sp³-hybridized carbons (Fsp3) is 0.500. The lowest BCUT2D eigenvalue weighted by Gasteiger charge is -2.14. The number of carbonyl (C=O) groups is 1. The molecule has 0 radical (unpaired) electrons. The SMILES string of the molecule is CC(C)CC(O)CNC(=O)NCCCc1c[nH]c2ccccc12. The van der Waals surface area contributed by atoms with Crippen molar-refractivity contribution in [2.75, 3.05) is 13.1 Å². The number of amides is 2. The number of para-hydroxylation sites is 1. The van der Waals surface area contributed by atoms with Crippen LogP contribution in [0, 0.1) is 5.92 Å². The summed E-state index contributed by atoms with van der Waals surface area (Å²) in [5.74, 6) is 0.422. The van der Waals surface area contributed by atoms with E-state index in [1.807, 2.05) is 32.2 Å². The molecule has 1 aromatic heterocycles. The molecule has 4 N–H and O–H groups in total. The third-order valence-corrected chi connectivity index (χ3v) is 3.83. The number of aromatic amines is 1. The predicted octanol–water partition coefficient (Wildman–Crippen LogP) is 2.81. The Kier molecular flexibility index (Phi) is 6.47. The zero-order chi connectivity index (χ0) is 16.7. The summed E-state index contributed by atoms with van der Waals surface area (Å²) in [4.78, 5) is 14.9. The van der Waals surface area contributed by atoms with Gasteiger partial charge in [0.1, 0.15) is 0 Å². The highest BCUT2D eigenvalue weighted by molar-refractivity contribution is 5.83. The quantitative estimate of drug-likeness (QED) is 0.565. The molecule has 1 unspecified atom stereocenters. The van der Waals surface area contributed by atoms with Gasteiger partial charge in [0.2, 0.25) is 0 Å². The molecule has 2 amide bonds. The first-order valence-electron chi connectivity index (χ1n) is 8.31. The smallest absolute Gasteiger partial charge is 0.314 e. The van der Waals surface area contributed by atoms with E-state index in [4.69, 9.17) is 0 Å². The van der Waals surface area contributed by atoms with E-state index < -0.39 is 6.10 Å². The summed E-state index contributed by atoms with van der Waals surface area (Å²) in [6, 6.07) is 8.01. The van der Waals surface area contributed by atoms with Crippen molar-refractivity contribution >= 4 is 16.9 Å². The van der Waals surface area contributed by atoms with Gasteiger partial charge in [0.05, 0.1) is 6.10 Å². The maximum Gasteiger partial charge on any atom is 0.314 e. The number of carbonyl (C=O) groups excluding carboxylic acids is 1. The van der Waals surface area contributed by atoms with Crippen LogP contribution in [0.1, 0.15) is 32.3 Å². The van der Waals surface area contributed by atoms with Crippen molar-refractivity contribution in [3.63, 3.8) is 0 Å². The lowest BCUT2D eigenvalue weighted by atomic mass is 10.1. The predicted molar refractivity (Wildman–Crippen MR) is 93.5 cm³/mol. The number of aryl methyl sites for hydroxylation is 1. The summed E-state index contributed by atoms with van der Waals surface area (Å²) < 4.78 is 0. The second kappa shape index (κ2) is 8.58. The Labute approximate surface area is 137 Å². The van der Waals surface area contributed by atoms with Crippen LogP contribution in [0.4, 0.5) is 4.79 Å². The zero-order valence-corrected chi connectivity index (χ0v) is 13.9. The Morgan fingerprint density at radius 2 is 2.04 bits per heavy atom. The highest BCUT2D eigenvalue weighted by atomic mass is 16.3. The number of urea groups is 1. The molecular formula is C18H27N3O2. The van der Waals surface area contributed by atoms with Crippen LogP contribution < -0.4 is 10.6 Å². The Morgan fingerprint density at radius 3 is 2.83 bits per heavy atom. The van der Waals surface area contributed by atoms with Crippen LogP contribution in [-0.2, 0) is 6.42 Å². The minimum absolute atomic E-state index is 0.216. The lowest BCUT2D eigenvalue weighted by Crippen LogP contribution is -2.40. The van der Waals surface area contributed by atoms with Crippen molar-refractivity contribution in [1.82, 2.24) is 15.6 Å². The van der Waals surface area contributed by atoms with E-state index in [-0.39, 0.29) is 6.03 Å². The van der Waals surface area contributed by atoms with Gasteiger partial charge in [-0.25, -0.2) is 4.79 Å². The van der Waals surface area contributed by atoms with Crippen LogP contribution in [0.15, 0.2) is 30.5 Å². The molecule has 2 rings (SSSR count). The maximum atomic E-state index is 11.7. The molecule has 1 aromatic carbocycles. The monoisotopic (exact) mass is 317 g/mol. The Morgan fingerprint density at radius 1 is 1.26 bits per heavy atom. The summed E-state index contributed by atoms with van der Waals surface area (Å²) in [6.07, 6.45) is 4.05. The van der Waals surface area contributed by atoms with E-state index in [0.29, 0.717) is 25.4 Å². The summed E-state index contributed by atoms with van der Waals surface area (Å²) in [5, 5.41) is 16.5. The third-order valence-electron chi connectivity index (χ3n) is 3.83. The number of H-pyrrole nitrogens is 1. The van der Waals surface area contributed by atoms with Crippen molar-refractivity contribution in [1.29, 1.82) is 0 Å². The van der Waals surface area contributed by atoms with Gasteiger partial charge in [0.15, 0.2) is 0 Å². The van der Waals surface area contributed by atoms with Crippen LogP contribution in [-0.4, -0.2) is 35.3 Å². The van der Waals surface area contributed by atoms with Crippen LogP contribution >= 0.6 is 0 Å². The summed E-state index contributed by atoms with van der Waals surface area (Å²) in [7, 11) is 0. The molecule has 2 aromatic rings. The van der Waals surface area contributed by atoms with Crippen LogP contribution in [0.3, 0.4) is 0 Å². The first kappa shape index (κ1) is 17.3. The topological polar surface area (TPSA) is 77.2 Å².